The predicted molar refractivity (Wildman–Crippen MR) is 204 cm³/mol. The molecule has 0 aliphatic carbocycles. The molecule has 0 spiro atoms. The number of anilines is 2. The Morgan fingerprint density at radius 1 is 0.911 bits per heavy atom. The molecule has 1 fully saturated rings. The molecule has 12 nitrogen and oxygen atoms in total. The quantitative estimate of drug-likeness (QED) is 0.128. The molecule has 56 heavy (non-hydrogen) atoms. The number of piperidine rings is 1. The Bertz CT molecular complexity index is 2330. The number of hydrogen-bond donors (Lipinski definition) is 3. The number of aromatic nitrogens is 1. The Morgan fingerprint density at radius 2 is 1.59 bits per heavy atom. The lowest BCUT2D eigenvalue weighted by Gasteiger charge is -2.38. The van der Waals surface area contributed by atoms with Crippen LogP contribution in [-0.4, -0.2) is 80.1 Å². The van der Waals surface area contributed by atoms with Crippen molar-refractivity contribution in [1.29, 1.82) is 0 Å². The summed E-state index contributed by atoms with van der Waals surface area (Å²) in [5.41, 5.74) is 0.624. The maximum absolute atomic E-state index is 14.0. The number of fused-ring (bicyclic) bond motifs is 1. The van der Waals surface area contributed by atoms with Crippen LogP contribution >= 0.6 is 0 Å². The van der Waals surface area contributed by atoms with Crippen LogP contribution in [0.5, 0.6) is 11.5 Å². The van der Waals surface area contributed by atoms with Gasteiger partial charge in [-0.2, -0.15) is 13.2 Å². The molecule has 2 heterocycles. The van der Waals surface area contributed by atoms with E-state index in [4.69, 9.17) is 9.47 Å². The number of aliphatic hydroxyl groups is 1. The number of halogens is 3. The molecule has 3 amide bonds. The van der Waals surface area contributed by atoms with Crippen LogP contribution in [-0.2, 0) is 21.8 Å². The molecule has 4 aromatic carbocycles. The lowest BCUT2D eigenvalue weighted by molar-refractivity contribution is -0.137. The summed E-state index contributed by atoms with van der Waals surface area (Å²) in [6, 6.07) is 22.6. The highest BCUT2D eigenvalue weighted by molar-refractivity contribution is 7.89. The van der Waals surface area contributed by atoms with Gasteiger partial charge in [0.05, 0.1) is 48.0 Å². The number of pyridine rings is 1. The van der Waals surface area contributed by atoms with Gasteiger partial charge in [-0.1, -0.05) is 30.3 Å². The van der Waals surface area contributed by atoms with Crippen LogP contribution < -0.4 is 20.1 Å². The zero-order chi connectivity index (χ0) is 40.3. The molecule has 0 unspecified atom stereocenters. The molecule has 0 saturated carbocycles. The van der Waals surface area contributed by atoms with Crippen LogP contribution in [0, 0.1) is 6.92 Å². The van der Waals surface area contributed by atoms with Gasteiger partial charge >= 0.3 is 12.2 Å². The molecule has 5 aromatic rings. The Hall–Kier alpha value is -5.87. The minimum Gasteiger partial charge on any atom is -0.497 e. The third-order valence-corrected chi connectivity index (χ3v) is 11.5. The Morgan fingerprint density at radius 3 is 2.23 bits per heavy atom. The number of urea groups is 1. The number of benzene rings is 4. The molecule has 0 atom stereocenters. The number of carbonyl (C=O) groups is 2. The Labute approximate surface area is 321 Å². The maximum Gasteiger partial charge on any atom is 0.416 e. The van der Waals surface area contributed by atoms with Gasteiger partial charge in [0.15, 0.2) is 0 Å². The number of amides is 3. The van der Waals surface area contributed by atoms with Crippen molar-refractivity contribution in [2.75, 3.05) is 51.0 Å². The number of rotatable bonds is 11. The summed E-state index contributed by atoms with van der Waals surface area (Å²) >= 11 is 0. The van der Waals surface area contributed by atoms with E-state index < -0.39 is 39.3 Å². The number of nitrogens with zero attached hydrogens (tertiary/aromatic N) is 3. The minimum atomic E-state index is -4.50. The van der Waals surface area contributed by atoms with Crippen LogP contribution in [0.25, 0.3) is 10.9 Å². The minimum absolute atomic E-state index is 0.0463. The molecule has 16 heteroatoms. The van der Waals surface area contributed by atoms with Gasteiger partial charge in [-0.3, -0.25) is 9.78 Å². The summed E-state index contributed by atoms with van der Waals surface area (Å²) < 4.78 is 78.5. The van der Waals surface area contributed by atoms with Gasteiger partial charge < -0.3 is 30.1 Å². The smallest absolute Gasteiger partial charge is 0.416 e. The van der Waals surface area contributed by atoms with E-state index in [0.29, 0.717) is 15.6 Å². The highest BCUT2D eigenvalue weighted by Crippen LogP contribution is 2.36. The fourth-order valence-corrected chi connectivity index (χ4v) is 7.91. The van der Waals surface area contributed by atoms with Crippen LogP contribution in [0.1, 0.15) is 40.0 Å². The molecule has 3 N–H and O–H groups in total. The summed E-state index contributed by atoms with van der Waals surface area (Å²) in [4.78, 5) is 33.4. The number of para-hydroxylation sites is 1. The number of hydrogen-bond acceptors (Lipinski definition) is 9. The van der Waals surface area contributed by atoms with E-state index in [1.807, 2.05) is 37.3 Å². The Balaban J connectivity index is 1.18. The lowest BCUT2D eigenvalue weighted by atomic mass is 9.84. The topological polar surface area (TPSA) is 150 Å². The van der Waals surface area contributed by atoms with Crippen molar-refractivity contribution >= 4 is 44.2 Å². The van der Waals surface area contributed by atoms with Crippen molar-refractivity contribution < 1.29 is 45.8 Å². The molecule has 6 rings (SSSR count). The molecule has 0 radical (unpaired) electrons. The van der Waals surface area contributed by atoms with Crippen molar-refractivity contribution in [2.45, 2.75) is 36.4 Å². The average molecular weight is 792 g/mol. The zero-order valence-electron chi connectivity index (χ0n) is 30.8. The van der Waals surface area contributed by atoms with Crippen molar-refractivity contribution in [3.63, 3.8) is 0 Å². The van der Waals surface area contributed by atoms with Crippen LogP contribution in [0.2, 0.25) is 0 Å². The number of nitrogens with one attached hydrogen (secondary N) is 2. The standard InChI is InChI=1S/C40H40F3N5O7S/c1-26-24-35(32-6-4-5-7-33(32)45-26)44-20-23-48(56(52,53)31-15-13-30(54-2)14-16-31)38(50)46-34-17-8-27(25-36(34)55-3)37(49)47-21-18-39(51,19-22-47)28-9-11-29(12-10-28)40(41,42)43/h4-17,24-25,51H,18-23H2,1-3H3,(H,44,45)(H,46,50). The third-order valence-electron chi connectivity index (χ3n) is 9.67. The monoisotopic (exact) mass is 791 g/mol. The van der Waals surface area contributed by atoms with Gasteiger partial charge in [-0.25, -0.2) is 17.5 Å². The number of carbonyl (C=O) groups excluding carboxylic acids is 2. The number of aryl methyl sites for hydroxylation is 1. The summed E-state index contributed by atoms with van der Waals surface area (Å²) in [5, 5.41) is 17.9. The first-order valence-electron chi connectivity index (χ1n) is 17.6. The van der Waals surface area contributed by atoms with E-state index in [2.05, 4.69) is 15.6 Å². The molecular weight excluding hydrogens is 752 g/mol. The number of ether oxygens (including phenoxy) is 2. The molecule has 1 aliphatic heterocycles. The van der Waals surface area contributed by atoms with E-state index in [9.17, 15) is 36.3 Å². The first kappa shape index (κ1) is 39.8. The Kier molecular flexibility index (Phi) is 11.4. The maximum atomic E-state index is 14.0. The zero-order valence-corrected chi connectivity index (χ0v) is 31.6. The lowest BCUT2D eigenvalue weighted by Crippen LogP contribution is -2.45. The van der Waals surface area contributed by atoms with Gasteiger partial charge in [0.2, 0.25) is 0 Å². The van der Waals surface area contributed by atoms with E-state index in [-0.39, 0.29) is 60.9 Å². The van der Waals surface area contributed by atoms with E-state index >= 15 is 0 Å². The van der Waals surface area contributed by atoms with Gasteiger partial charge in [-0.15, -0.1) is 0 Å². The molecule has 1 saturated heterocycles. The fourth-order valence-electron chi connectivity index (χ4n) is 6.58. The number of likely N-dealkylation sites (tertiary alicyclic amines) is 1. The normalized spacial score (nSPS) is 14.2. The first-order valence-corrected chi connectivity index (χ1v) is 19.0. The molecule has 0 bridgehead atoms. The van der Waals surface area contributed by atoms with Gasteiger partial charge in [0.1, 0.15) is 11.5 Å². The van der Waals surface area contributed by atoms with Crippen molar-refractivity contribution in [2.24, 2.45) is 0 Å². The van der Waals surface area contributed by atoms with Gasteiger partial charge in [0.25, 0.3) is 15.9 Å². The first-order chi connectivity index (χ1) is 26.6. The molecule has 1 aliphatic rings. The number of sulfonamides is 1. The number of alkyl halides is 3. The van der Waals surface area contributed by atoms with Crippen LogP contribution in [0.3, 0.4) is 0 Å². The number of methoxy groups -OCH3 is 2. The van der Waals surface area contributed by atoms with Crippen molar-refractivity contribution in [3.05, 3.63) is 119 Å². The SMILES string of the molecule is COc1ccc(S(=O)(=O)N(CCNc2cc(C)nc3ccccc23)C(=O)Nc2ccc(C(=O)N3CCC(O)(c4ccc(C(F)(F)F)cc4)CC3)cc2OC)cc1. The van der Waals surface area contributed by atoms with E-state index in [0.717, 1.165) is 34.4 Å². The van der Waals surface area contributed by atoms with Crippen LogP contribution in [0.15, 0.2) is 102 Å². The third kappa shape index (κ3) is 8.50. The predicted octanol–water partition coefficient (Wildman–Crippen LogP) is 7.04. The fraction of sp³-hybridized carbons (Fsp3) is 0.275. The molecular formula is C40H40F3N5O7S. The van der Waals surface area contributed by atoms with Crippen molar-refractivity contribution in [3.8, 4) is 11.5 Å². The second-order valence-electron chi connectivity index (χ2n) is 13.3. The van der Waals surface area contributed by atoms with E-state index in [1.165, 1.54) is 73.7 Å². The van der Waals surface area contributed by atoms with E-state index in [1.54, 1.807) is 0 Å². The highest BCUT2D eigenvalue weighted by atomic mass is 32.2. The summed E-state index contributed by atoms with van der Waals surface area (Å²) in [6.45, 7) is 1.86. The summed E-state index contributed by atoms with van der Waals surface area (Å²) in [7, 11) is -1.62. The average Bonchev–Trinajstić information content (AvgIpc) is 3.19. The largest absolute Gasteiger partial charge is 0.497 e. The van der Waals surface area contributed by atoms with Gasteiger partial charge in [0, 0.05) is 42.0 Å². The summed E-state index contributed by atoms with van der Waals surface area (Å²) in [6.07, 6.45) is -4.31. The second-order valence-corrected chi connectivity index (χ2v) is 15.1. The molecule has 1 aromatic heterocycles. The van der Waals surface area contributed by atoms with Crippen LogP contribution in [0.4, 0.5) is 29.3 Å². The highest BCUT2D eigenvalue weighted by Gasteiger charge is 2.37. The van der Waals surface area contributed by atoms with Crippen molar-refractivity contribution in [1.82, 2.24) is 14.2 Å². The summed E-state index contributed by atoms with van der Waals surface area (Å²) in [5.74, 6) is 0.116. The second kappa shape index (κ2) is 16.1. The molecule has 294 valence electrons. The van der Waals surface area contributed by atoms with Gasteiger partial charge in [-0.05, 0) is 92.1 Å².